The second kappa shape index (κ2) is 10.3. The molecule has 0 radical (unpaired) electrons. The zero-order chi connectivity index (χ0) is 27.9. The fraction of sp³-hybridized carbons (Fsp3) is 0.250. The molecule has 39 heavy (non-hydrogen) atoms. The van der Waals surface area contributed by atoms with Crippen molar-refractivity contribution in [3.8, 4) is 22.8 Å². The largest absolute Gasteiger partial charge is 0.478 e. The molecule has 4 aromatic rings. The molecule has 1 aliphatic carbocycles. The molecular weight excluding hydrogens is 527 g/mol. The van der Waals surface area contributed by atoms with Gasteiger partial charge in [0, 0.05) is 23.1 Å². The predicted octanol–water partition coefficient (Wildman–Crippen LogP) is 4.69. The molecule has 204 valence electrons. The number of sulfonamides is 1. The first-order valence-electron chi connectivity index (χ1n) is 12.3. The van der Waals surface area contributed by atoms with Gasteiger partial charge in [-0.3, -0.25) is 4.31 Å². The van der Waals surface area contributed by atoms with E-state index in [0.717, 1.165) is 23.4 Å². The van der Waals surface area contributed by atoms with Gasteiger partial charge in [-0.15, -0.1) is 0 Å². The van der Waals surface area contributed by atoms with Crippen molar-refractivity contribution >= 4 is 32.6 Å². The van der Waals surface area contributed by atoms with Gasteiger partial charge in [-0.05, 0) is 78.9 Å². The molecule has 4 N–H and O–H groups in total. The van der Waals surface area contributed by atoms with E-state index in [0.29, 0.717) is 33.7 Å². The van der Waals surface area contributed by atoms with Crippen molar-refractivity contribution < 1.29 is 37.0 Å². The lowest BCUT2D eigenvalue weighted by Gasteiger charge is -2.27. The lowest BCUT2D eigenvalue weighted by molar-refractivity contribution is 0.0699. The van der Waals surface area contributed by atoms with E-state index in [1.165, 1.54) is 30.3 Å². The SMILES string of the molecule is CS(=O)(=O)N(CC(N)CO)c1cc2oc(-c3ccc(Oc4ccc(F)cc4)cc3)c(C(=O)O)c2cc1C1CC1. The lowest BCUT2D eigenvalue weighted by atomic mass is 10.0. The lowest BCUT2D eigenvalue weighted by Crippen LogP contribution is -2.43. The molecule has 1 saturated carbocycles. The van der Waals surface area contributed by atoms with Crippen LogP contribution in [0.5, 0.6) is 11.5 Å². The molecule has 3 aromatic carbocycles. The number of rotatable bonds is 10. The third-order valence-corrected chi connectivity index (χ3v) is 7.68. The minimum absolute atomic E-state index is 0.0383. The summed E-state index contributed by atoms with van der Waals surface area (Å²) in [6, 6.07) is 14.5. The van der Waals surface area contributed by atoms with Crippen molar-refractivity contribution in [3.63, 3.8) is 0 Å². The number of carboxylic acid groups (broad SMARTS) is 1. The van der Waals surface area contributed by atoms with Gasteiger partial charge in [-0.2, -0.15) is 0 Å². The Hall–Kier alpha value is -3.93. The smallest absolute Gasteiger partial charge is 0.340 e. The van der Waals surface area contributed by atoms with E-state index in [9.17, 15) is 27.8 Å². The Morgan fingerprint density at radius 1 is 1.13 bits per heavy atom. The summed E-state index contributed by atoms with van der Waals surface area (Å²) in [7, 11) is -3.78. The first-order valence-corrected chi connectivity index (χ1v) is 14.1. The molecule has 1 unspecified atom stereocenters. The number of carbonyl (C=O) groups is 1. The van der Waals surface area contributed by atoms with Gasteiger partial charge in [0.15, 0.2) is 0 Å². The molecule has 1 atom stereocenters. The zero-order valence-electron chi connectivity index (χ0n) is 21.0. The molecule has 1 fully saturated rings. The van der Waals surface area contributed by atoms with Gasteiger partial charge in [0.1, 0.15) is 34.2 Å². The topological polar surface area (TPSA) is 143 Å². The van der Waals surface area contributed by atoms with E-state index in [1.54, 1.807) is 30.3 Å². The van der Waals surface area contributed by atoms with E-state index in [2.05, 4.69) is 0 Å². The van der Waals surface area contributed by atoms with Gasteiger partial charge in [-0.25, -0.2) is 17.6 Å². The summed E-state index contributed by atoms with van der Waals surface area (Å²) in [4.78, 5) is 12.4. The maximum Gasteiger partial charge on any atom is 0.340 e. The van der Waals surface area contributed by atoms with Gasteiger partial charge in [0.25, 0.3) is 0 Å². The standard InChI is InChI=1S/C28H27FN2O7S/c1-39(35,36)31(14-19(30)15-32)24-13-25-23(12-22(24)16-2-3-16)26(28(33)34)27(38-25)17-4-8-20(9-5-17)37-21-10-6-18(29)7-11-21/h4-13,16,19,32H,2-3,14-15,30H2,1H3,(H,33,34). The van der Waals surface area contributed by atoms with Gasteiger partial charge in [0.05, 0.1) is 25.1 Å². The maximum absolute atomic E-state index is 13.2. The molecule has 0 amide bonds. The van der Waals surface area contributed by atoms with Crippen LogP contribution in [0.2, 0.25) is 0 Å². The quantitative estimate of drug-likeness (QED) is 0.256. The van der Waals surface area contributed by atoms with Crippen molar-refractivity contribution in [1.29, 1.82) is 0 Å². The van der Waals surface area contributed by atoms with Crippen LogP contribution in [0.15, 0.2) is 65.1 Å². The maximum atomic E-state index is 13.2. The number of nitrogens with two attached hydrogens (primary N) is 1. The number of nitrogens with zero attached hydrogens (tertiary/aromatic N) is 1. The van der Waals surface area contributed by atoms with Crippen molar-refractivity contribution in [2.24, 2.45) is 5.73 Å². The van der Waals surface area contributed by atoms with E-state index < -0.39 is 28.6 Å². The zero-order valence-corrected chi connectivity index (χ0v) is 21.8. The number of ether oxygens (including phenoxy) is 1. The average Bonchev–Trinajstić information content (AvgIpc) is 3.67. The number of hydrogen-bond acceptors (Lipinski definition) is 7. The minimum Gasteiger partial charge on any atom is -0.478 e. The van der Waals surface area contributed by atoms with Gasteiger partial charge in [0.2, 0.25) is 10.0 Å². The highest BCUT2D eigenvalue weighted by atomic mass is 32.2. The fourth-order valence-corrected chi connectivity index (χ4v) is 5.48. The van der Waals surface area contributed by atoms with Crippen LogP contribution in [0.25, 0.3) is 22.3 Å². The number of anilines is 1. The number of furan rings is 1. The molecule has 0 saturated heterocycles. The third kappa shape index (κ3) is 5.60. The van der Waals surface area contributed by atoms with Gasteiger partial charge < -0.3 is 25.1 Å². The number of hydrogen-bond donors (Lipinski definition) is 3. The number of aliphatic hydroxyl groups excluding tert-OH is 1. The van der Waals surface area contributed by atoms with Crippen LogP contribution in [0.4, 0.5) is 10.1 Å². The van der Waals surface area contributed by atoms with Crippen molar-refractivity contribution in [3.05, 3.63) is 77.6 Å². The van der Waals surface area contributed by atoms with Crippen LogP contribution in [-0.2, 0) is 10.0 Å². The Morgan fingerprint density at radius 2 is 1.74 bits per heavy atom. The third-order valence-electron chi connectivity index (χ3n) is 6.54. The fourth-order valence-electron chi connectivity index (χ4n) is 4.50. The summed E-state index contributed by atoms with van der Waals surface area (Å²) in [6.45, 7) is -0.544. The summed E-state index contributed by atoms with van der Waals surface area (Å²) < 4.78 is 51.5. The molecule has 1 heterocycles. The number of aromatic carboxylic acids is 1. The molecule has 9 nitrogen and oxygen atoms in total. The summed E-state index contributed by atoms with van der Waals surface area (Å²) >= 11 is 0. The number of halogens is 1. The minimum atomic E-state index is -3.78. The Labute approximate surface area is 224 Å². The normalized spacial score (nSPS) is 14.4. The highest BCUT2D eigenvalue weighted by molar-refractivity contribution is 7.92. The second-order valence-corrected chi connectivity index (χ2v) is 11.5. The molecular formula is C28H27FN2O7S. The van der Waals surface area contributed by atoms with Crippen LogP contribution >= 0.6 is 0 Å². The number of fused-ring (bicyclic) bond motifs is 1. The number of aliphatic hydroxyl groups is 1. The molecule has 0 bridgehead atoms. The first kappa shape index (κ1) is 26.7. The predicted molar refractivity (Wildman–Crippen MR) is 144 cm³/mol. The van der Waals surface area contributed by atoms with Crippen molar-refractivity contribution in [2.75, 3.05) is 23.7 Å². The molecule has 1 aromatic heterocycles. The van der Waals surface area contributed by atoms with Crippen LogP contribution in [0, 0.1) is 5.82 Å². The first-order chi connectivity index (χ1) is 18.5. The number of benzene rings is 3. The van der Waals surface area contributed by atoms with Crippen molar-refractivity contribution in [2.45, 2.75) is 24.8 Å². The summed E-state index contributed by atoms with van der Waals surface area (Å²) in [6.07, 6.45) is 2.74. The van der Waals surface area contributed by atoms with Gasteiger partial charge in [-0.1, -0.05) is 0 Å². The molecule has 5 rings (SSSR count). The second-order valence-electron chi connectivity index (χ2n) is 9.61. The van der Waals surface area contributed by atoms with Gasteiger partial charge >= 0.3 is 5.97 Å². The average molecular weight is 555 g/mol. The Morgan fingerprint density at radius 3 is 2.28 bits per heavy atom. The van der Waals surface area contributed by atoms with Crippen LogP contribution in [0.1, 0.15) is 34.7 Å². The van der Waals surface area contributed by atoms with Crippen LogP contribution in [0.3, 0.4) is 0 Å². The molecule has 0 aliphatic heterocycles. The van der Waals surface area contributed by atoms with E-state index in [1.807, 2.05) is 0 Å². The van der Waals surface area contributed by atoms with E-state index in [4.69, 9.17) is 14.9 Å². The summed E-state index contributed by atoms with van der Waals surface area (Å²) in [5, 5.41) is 19.9. The Kier molecular flexibility index (Phi) is 7.06. The highest BCUT2D eigenvalue weighted by Crippen LogP contribution is 2.48. The highest BCUT2D eigenvalue weighted by Gasteiger charge is 2.33. The van der Waals surface area contributed by atoms with Crippen LogP contribution in [-0.4, -0.2) is 50.0 Å². The Balaban J connectivity index is 1.59. The van der Waals surface area contributed by atoms with Crippen LogP contribution < -0.4 is 14.8 Å². The Bertz CT molecular complexity index is 1630. The summed E-state index contributed by atoms with van der Waals surface area (Å²) in [5.41, 5.74) is 7.59. The number of carboxylic acids is 1. The van der Waals surface area contributed by atoms with E-state index in [-0.39, 0.29) is 35.2 Å². The summed E-state index contributed by atoms with van der Waals surface area (Å²) in [5.74, 6) is -0.485. The molecule has 1 aliphatic rings. The molecule has 11 heteroatoms. The monoisotopic (exact) mass is 554 g/mol. The van der Waals surface area contributed by atoms with Crippen molar-refractivity contribution in [1.82, 2.24) is 0 Å². The van der Waals surface area contributed by atoms with E-state index >= 15 is 0 Å². The molecule has 0 spiro atoms.